The van der Waals surface area contributed by atoms with Gasteiger partial charge in [0.15, 0.2) is 0 Å². The van der Waals surface area contributed by atoms with Crippen molar-refractivity contribution >= 4 is 17.3 Å². The molecule has 0 aliphatic carbocycles. The number of carbonyl (C=O) groups excluding carboxylic acids is 1. The molecular formula is C17H19N5O2. The Morgan fingerprint density at radius 2 is 1.96 bits per heavy atom. The first kappa shape index (κ1) is 15.8. The predicted octanol–water partition coefficient (Wildman–Crippen LogP) is 2.99. The van der Waals surface area contributed by atoms with E-state index in [0.717, 1.165) is 22.9 Å². The van der Waals surface area contributed by atoms with E-state index in [2.05, 4.69) is 20.7 Å². The van der Waals surface area contributed by atoms with Crippen molar-refractivity contribution in [2.45, 2.75) is 26.4 Å². The van der Waals surface area contributed by atoms with Gasteiger partial charge in [0, 0.05) is 11.4 Å². The van der Waals surface area contributed by atoms with Crippen molar-refractivity contribution in [1.29, 1.82) is 0 Å². The highest BCUT2D eigenvalue weighted by atomic mass is 16.3. The number of benzene rings is 1. The van der Waals surface area contributed by atoms with Gasteiger partial charge in [-0.1, -0.05) is 0 Å². The Bertz CT molecular complexity index is 793. The van der Waals surface area contributed by atoms with Crippen molar-refractivity contribution in [3.63, 3.8) is 0 Å². The van der Waals surface area contributed by atoms with Gasteiger partial charge in [0.1, 0.15) is 30.2 Å². The quantitative estimate of drug-likeness (QED) is 0.728. The lowest BCUT2D eigenvalue weighted by atomic mass is 10.2. The molecule has 2 aromatic heterocycles. The van der Waals surface area contributed by atoms with E-state index in [1.807, 2.05) is 43.3 Å². The minimum atomic E-state index is -0.424. The zero-order valence-corrected chi connectivity index (χ0v) is 13.6. The van der Waals surface area contributed by atoms with E-state index in [1.54, 1.807) is 6.92 Å². The van der Waals surface area contributed by atoms with Gasteiger partial charge in [-0.3, -0.25) is 4.79 Å². The molecule has 0 unspecified atom stereocenters. The first-order chi connectivity index (χ1) is 11.6. The van der Waals surface area contributed by atoms with Gasteiger partial charge in [-0.15, -0.1) is 0 Å². The standard InChI is InChI=1S/C17H19N5O2/c1-12-3-8-16(24-12)9-19-14-4-6-15(7-5-14)21-17(23)13(2)22-11-18-10-20-22/h3-8,10-11,13,19H,9H2,1-2H3,(H,21,23)/t13-/m1/s1. The molecule has 3 rings (SSSR count). The van der Waals surface area contributed by atoms with Crippen LogP contribution in [0, 0.1) is 6.92 Å². The number of nitrogens with zero attached hydrogens (tertiary/aromatic N) is 3. The van der Waals surface area contributed by atoms with Crippen molar-refractivity contribution in [1.82, 2.24) is 14.8 Å². The molecule has 2 N–H and O–H groups in total. The van der Waals surface area contributed by atoms with Crippen LogP contribution in [-0.4, -0.2) is 20.7 Å². The number of hydrogen-bond acceptors (Lipinski definition) is 5. The van der Waals surface area contributed by atoms with Crippen molar-refractivity contribution in [2.75, 3.05) is 10.6 Å². The van der Waals surface area contributed by atoms with Gasteiger partial charge in [-0.05, 0) is 50.2 Å². The Morgan fingerprint density at radius 1 is 1.21 bits per heavy atom. The Morgan fingerprint density at radius 3 is 2.58 bits per heavy atom. The van der Waals surface area contributed by atoms with E-state index >= 15 is 0 Å². The Hall–Kier alpha value is -3.09. The third-order valence-corrected chi connectivity index (χ3v) is 3.63. The normalized spacial score (nSPS) is 11.9. The lowest BCUT2D eigenvalue weighted by molar-refractivity contribution is -0.119. The molecule has 7 heteroatoms. The summed E-state index contributed by atoms with van der Waals surface area (Å²) in [5, 5.41) is 10.1. The number of aromatic nitrogens is 3. The van der Waals surface area contributed by atoms with Crippen LogP contribution in [0.5, 0.6) is 0 Å². The van der Waals surface area contributed by atoms with Gasteiger partial charge < -0.3 is 15.1 Å². The summed E-state index contributed by atoms with van der Waals surface area (Å²) in [5.74, 6) is 1.63. The van der Waals surface area contributed by atoms with Gasteiger partial charge in [-0.2, -0.15) is 5.10 Å². The maximum Gasteiger partial charge on any atom is 0.249 e. The molecule has 3 aromatic rings. The van der Waals surface area contributed by atoms with Crippen LogP contribution >= 0.6 is 0 Å². The largest absolute Gasteiger partial charge is 0.465 e. The smallest absolute Gasteiger partial charge is 0.249 e. The van der Waals surface area contributed by atoms with Crippen molar-refractivity contribution in [3.8, 4) is 0 Å². The molecule has 1 atom stereocenters. The molecule has 0 saturated carbocycles. The summed E-state index contributed by atoms with van der Waals surface area (Å²) in [4.78, 5) is 16.0. The Balaban J connectivity index is 1.55. The second kappa shape index (κ2) is 6.99. The summed E-state index contributed by atoms with van der Waals surface area (Å²) in [6.45, 7) is 4.30. The van der Waals surface area contributed by atoms with Gasteiger partial charge in [-0.25, -0.2) is 9.67 Å². The summed E-state index contributed by atoms with van der Waals surface area (Å²) in [6, 6.07) is 11.0. The fraction of sp³-hybridized carbons (Fsp3) is 0.235. The fourth-order valence-corrected chi connectivity index (χ4v) is 2.22. The Kier molecular flexibility index (Phi) is 4.60. The van der Waals surface area contributed by atoms with Gasteiger partial charge in [0.25, 0.3) is 0 Å². The SMILES string of the molecule is Cc1ccc(CNc2ccc(NC(=O)[C@@H](C)n3cncn3)cc2)o1. The summed E-state index contributed by atoms with van der Waals surface area (Å²) in [5.41, 5.74) is 1.68. The lowest BCUT2D eigenvalue weighted by Gasteiger charge is -2.12. The molecule has 0 aliphatic heterocycles. The van der Waals surface area contributed by atoms with Crippen LogP contribution in [0.3, 0.4) is 0 Å². The van der Waals surface area contributed by atoms with E-state index in [4.69, 9.17) is 4.42 Å². The number of carbonyl (C=O) groups is 1. The molecule has 0 spiro atoms. The number of hydrogen-bond donors (Lipinski definition) is 2. The van der Waals surface area contributed by atoms with Gasteiger partial charge in [0.05, 0.1) is 6.54 Å². The minimum Gasteiger partial charge on any atom is -0.465 e. The number of rotatable bonds is 6. The molecule has 24 heavy (non-hydrogen) atoms. The van der Waals surface area contributed by atoms with E-state index in [-0.39, 0.29) is 5.91 Å². The van der Waals surface area contributed by atoms with Crippen molar-refractivity contribution in [2.24, 2.45) is 0 Å². The molecule has 0 aliphatic rings. The fourth-order valence-electron chi connectivity index (χ4n) is 2.22. The van der Waals surface area contributed by atoms with Crippen LogP contribution in [0.2, 0.25) is 0 Å². The maximum absolute atomic E-state index is 12.2. The second-order valence-electron chi connectivity index (χ2n) is 5.48. The van der Waals surface area contributed by atoms with E-state index in [9.17, 15) is 4.79 Å². The van der Waals surface area contributed by atoms with Gasteiger partial charge in [0.2, 0.25) is 5.91 Å². The molecule has 1 aromatic carbocycles. The maximum atomic E-state index is 12.2. The van der Waals surface area contributed by atoms with Crippen LogP contribution in [-0.2, 0) is 11.3 Å². The highest BCUT2D eigenvalue weighted by molar-refractivity contribution is 5.93. The average molecular weight is 325 g/mol. The second-order valence-corrected chi connectivity index (χ2v) is 5.48. The molecule has 1 amide bonds. The number of aryl methyl sites for hydroxylation is 1. The molecule has 0 radical (unpaired) electrons. The topological polar surface area (TPSA) is 85.0 Å². The summed E-state index contributed by atoms with van der Waals surface area (Å²) >= 11 is 0. The van der Waals surface area contributed by atoms with Gasteiger partial charge >= 0.3 is 0 Å². The zero-order chi connectivity index (χ0) is 16.9. The van der Waals surface area contributed by atoms with E-state index in [0.29, 0.717) is 6.54 Å². The third-order valence-electron chi connectivity index (χ3n) is 3.63. The minimum absolute atomic E-state index is 0.146. The van der Waals surface area contributed by atoms with Crippen LogP contribution < -0.4 is 10.6 Å². The molecule has 0 saturated heterocycles. The first-order valence-corrected chi connectivity index (χ1v) is 7.66. The molecular weight excluding hydrogens is 306 g/mol. The zero-order valence-electron chi connectivity index (χ0n) is 13.6. The predicted molar refractivity (Wildman–Crippen MR) is 90.6 cm³/mol. The molecule has 124 valence electrons. The molecule has 0 bridgehead atoms. The summed E-state index contributed by atoms with van der Waals surface area (Å²) in [7, 11) is 0. The van der Waals surface area contributed by atoms with Crippen LogP contribution in [0.4, 0.5) is 11.4 Å². The lowest BCUT2D eigenvalue weighted by Crippen LogP contribution is -2.24. The number of furan rings is 1. The highest BCUT2D eigenvalue weighted by Gasteiger charge is 2.15. The Labute approximate surface area is 139 Å². The van der Waals surface area contributed by atoms with Crippen molar-refractivity contribution < 1.29 is 9.21 Å². The monoisotopic (exact) mass is 325 g/mol. The van der Waals surface area contributed by atoms with E-state index in [1.165, 1.54) is 17.3 Å². The average Bonchev–Trinajstić information content (AvgIpc) is 3.25. The first-order valence-electron chi connectivity index (χ1n) is 7.66. The summed E-state index contributed by atoms with van der Waals surface area (Å²) < 4.78 is 7.02. The summed E-state index contributed by atoms with van der Waals surface area (Å²) in [6.07, 6.45) is 2.93. The highest BCUT2D eigenvalue weighted by Crippen LogP contribution is 2.16. The van der Waals surface area contributed by atoms with Crippen LogP contribution in [0.1, 0.15) is 24.5 Å². The van der Waals surface area contributed by atoms with Crippen molar-refractivity contribution in [3.05, 3.63) is 60.6 Å². The number of anilines is 2. The van der Waals surface area contributed by atoms with Crippen LogP contribution in [0.25, 0.3) is 0 Å². The molecule has 7 nitrogen and oxygen atoms in total. The third kappa shape index (κ3) is 3.81. The number of amides is 1. The number of nitrogens with one attached hydrogen (secondary N) is 2. The van der Waals surface area contributed by atoms with E-state index < -0.39 is 6.04 Å². The molecule has 2 heterocycles. The van der Waals surface area contributed by atoms with Crippen LogP contribution in [0.15, 0.2) is 53.5 Å². The molecule has 0 fully saturated rings.